The van der Waals surface area contributed by atoms with Crippen molar-refractivity contribution in [1.29, 1.82) is 0 Å². The first-order valence-electron chi connectivity index (χ1n) is 9.40. The normalized spacial score (nSPS) is 13.8. The summed E-state index contributed by atoms with van der Waals surface area (Å²) in [5.74, 6) is -3.66. The molecule has 0 saturated heterocycles. The van der Waals surface area contributed by atoms with E-state index in [1.165, 1.54) is 0 Å². The summed E-state index contributed by atoms with van der Waals surface area (Å²) in [6, 6.07) is -3.13. The van der Waals surface area contributed by atoms with Crippen molar-refractivity contribution in [1.82, 2.24) is 16.0 Å². The van der Waals surface area contributed by atoms with Gasteiger partial charge in [-0.3, -0.25) is 24.0 Å². The van der Waals surface area contributed by atoms with Gasteiger partial charge in [0.05, 0.1) is 19.0 Å². The summed E-state index contributed by atoms with van der Waals surface area (Å²) >= 11 is 0. The van der Waals surface area contributed by atoms with E-state index in [1.807, 2.05) is 0 Å². The van der Waals surface area contributed by atoms with E-state index < -0.39 is 47.7 Å². The second kappa shape index (κ2) is 13.4. The number of hydrogen-bond acceptors (Lipinski definition) is 7. The first kappa shape index (κ1) is 26.3. The molecule has 12 heteroatoms. The fraction of sp³-hybridized carbons (Fsp3) is 0.706. The van der Waals surface area contributed by atoms with E-state index in [2.05, 4.69) is 16.0 Å². The molecular formula is C17H33N7O5. The zero-order valence-corrected chi connectivity index (χ0v) is 16.9. The van der Waals surface area contributed by atoms with Gasteiger partial charge in [-0.05, 0) is 31.7 Å². The number of primary amides is 2. The molecule has 0 aromatic heterocycles. The van der Waals surface area contributed by atoms with Crippen molar-refractivity contribution in [3.63, 3.8) is 0 Å². The molecule has 0 spiro atoms. The van der Waals surface area contributed by atoms with Gasteiger partial charge in [-0.2, -0.15) is 0 Å². The average Bonchev–Trinajstić information content (AvgIpc) is 2.62. The molecule has 166 valence electrons. The van der Waals surface area contributed by atoms with Crippen LogP contribution in [0.25, 0.3) is 0 Å². The summed E-state index contributed by atoms with van der Waals surface area (Å²) in [5.41, 5.74) is 21.1. The summed E-state index contributed by atoms with van der Waals surface area (Å²) in [6.45, 7) is 3.46. The molecule has 0 saturated carbocycles. The van der Waals surface area contributed by atoms with Crippen LogP contribution < -0.4 is 38.9 Å². The highest BCUT2D eigenvalue weighted by Gasteiger charge is 2.29. The highest BCUT2D eigenvalue weighted by molar-refractivity contribution is 5.94. The third-order valence-electron chi connectivity index (χ3n) is 4.02. The lowest BCUT2D eigenvalue weighted by atomic mass is 10.0. The van der Waals surface area contributed by atoms with Crippen LogP contribution in [-0.4, -0.2) is 60.8 Å². The molecule has 29 heavy (non-hydrogen) atoms. The van der Waals surface area contributed by atoms with E-state index in [1.54, 1.807) is 13.8 Å². The Bertz CT molecular complexity index is 597. The maximum atomic E-state index is 12.7. The third-order valence-corrected chi connectivity index (χ3v) is 4.02. The Kier molecular flexibility index (Phi) is 12.2. The number of hydrogen-bond donors (Lipinski definition) is 7. The molecule has 0 aromatic rings. The van der Waals surface area contributed by atoms with Crippen LogP contribution in [0.3, 0.4) is 0 Å². The molecule has 5 amide bonds. The molecule has 11 N–H and O–H groups in total. The Hall–Kier alpha value is -2.73. The van der Waals surface area contributed by atoms with Gasteiger partial charge in [0.15, 0.2) is 0 Å². The first-order valence-corrected chi connectivity index (χ1v) is 9.40. The summed E-state index contributed by atoms with van der Waals surface area (Å²) in [5, 5.41) is 7.39. The van der Waals surface area contributed by atoms with Gasteiger partial charge in [-0.15, -0.1) is 0 Å². The molecule has 0 heterocycles. The van der Waals surface area contributed by atoms with Crippen LogP contribution in [0.2, 0.25) is 0 Å². The van der Waals surface area contributed by atoms with Gasteiger partial charge in [0.2, 0.25) is 29.5 Å². The Morgan fingerprint density at radius 2 is 1.48 bits per heavy atom. The second-order valence-corrected chi connectivity index (χ2v) is 7.04. The standard InChI is InChI=1S/C17H33N7O5/c1-9(2)14(17(29)22-8-13(21)26)24-16(28)11(5-3-4-6-18)23-15(27)10(19)7-12(20)25/h9-11,14H,3-8,18-19H2,1-2H3,(H2,20,25)(H2,21,26)(H,22,29)(H,23,27)(H,24,28)/t10-,11-,14-/m0/s1. The Morgan fingerprint density at radius 1 is 0.862 bits per heavy atom. The van der Waals surface area contributed by atoms with Crippen molar-refractivity contribution in [2.75, 3.05) is 13.1 Å². The van der Waals surface area contributed by atoms with Crippen molar-refractivity contribution in [3.8, 4) is 0 Å². The first-order chi connectivity index (χ1) is 13.5. The molecule has 3 atom stereocenters. The lowest BCUT2D eigenvalue weighted by molar-refractivity contribution is -0.134. The van der Waals surface area contributed by atoms with Crippen molar-refractivity contribution in [2.45, 2.75) is 57.7 Å². The summed E-state index contributed by atoms with van der Waals surface area (Å²) < 4.78 is 0. The smallest absolute Gasteiger partial charge is 0.243 e. The number of carbonyl (C=O) groups excluding carboxylic acids is 5. The van der Waals surface area contributed by atoms with Crippen LogP contribution in [0.1, 0.15) is 39.5 Å². The average molecular weight is 415 g/mol. The molecule has 0 fully saturated rings. The van der Waals surface area contributed by atoms with Gasteiger partial charge >= 0.3 is 0 Å². The minimum absolute atomic E-state index is 0.256. The summed E-state index contributed by atoms with van der Waals surface area (Å²) in [4.78, 5) is 58.9. The monoisotopic (exact) mass is 415 g/mol. The van der Waals surface area contributed by atoms with E-state index >= 15 is 0 Å². The largest absolute Gasteiger partial charge is 0.370 e. The molecule has 0 rings (SSSR count). The molecule has 0 bridgehead atoms. The lowest BCUT2D eigenvalue weighted by Gasteiger charge is -2.26. The van der Waals surface area contributed by atoms with Gasteiger partial charge in [0, 0.05) is 0 Å². The summed E-state index contributed by atoms with van der Waals surface area (Å²) in [6.07, 6.45) is 1.05. The number of nitrogens with two attached hydrogens (primary N) is 4. The van der Waals surface area contributed by atoms with Crippen LogP contribution in [0, 0.1) is 5.92 Å². The molecule has 0 aliphatic rings. The minimum atomic E-state index is -1.20. The fourth-order valence-electron chi connectivity index (χ4n) is 2.42. The van der Waals surface area contributed by atoms with Crippen molar-refractivity contribution in [3.05, 3.63) is 0 Å². The lowest BCUT2D eigenvalue weighted by Crippen LogP contribution is -2.57. The summed E-state index contributed by atoms with van der Waals surface area (Å²) in [7, 11) is 0. The van der Waals surface area contributed by atoms with Gasteiger partial charge in [0.25, 0.3) is 0 Å². The Morgan fingerprint density at radius 3 is 1.97 bits per heavy atom. The van der Waals surface area contributed by atoms with E-state index in [0.29, 0.717) is 19.4 Å². The topological polar surface area (TPSA) is 226 Å². The van der Waals surface area contributed by atoms with Crippen molar-refractivity contribution < 1.29 is 24.0 Å². The quantitative estimate of drug-likeness (QED) is 0.142. The molecule has 0 radical (unpaired) electrons. The van der Waals surface area contributed by atoms with Gasteiger partial charge in [0.1, 0.15) is 12.1 Å². The van der Waals surface area contributed by atoms with E-state index in [0.717, 1.165) is 0 Å². The van der Waals surface area contributed by atoms with Crippen molar-refractivity contribution in [2.24, 2.45) is 28.9 Å². The molecule has 0 aliphatic carbocycles. The molecule has 0 aromatic carbocycles. The Balaban J connectivity index is 5.18. The number of amides is 5. The van der Waals surface area contributed by atoms with Crippen LogP contribution in [-0.2, 0) is 24.0 Å². The third kappa shape index (κ3) is 11.0. The second-order valence-electron chi connectivity index (χ2n) is 7.04. The predicted molar refractivity (Wildman–Crippen MR) is 106 cm³/mol. The molecule has 12 nitrogen and oxygen atoms in total. The van der Waals surface area contributed by atoms with Gasteiger partial charge < -0.3 is 38.9 Å². The zero-order valence-electron chi connectivity index (χ0n) is 16.9. The zero-order chi connectivity index (χ0) is 22.6. The van der Waals surface area contributed by atoms with E-state index in [4.69, 9.17) is 22.9 Å². The SMILES string of the molecule is CC(C)[C@H](NC(=O)[C@H](CCCCN)NC(=O)[C@@H](N)CC(N)=O)C(=O)NCC(N)=O. The molecular weight excluding hydrogens is 382 g/mol. The van der Waals surface area contributed by atoms with E-state index in [-0.39, 0.29) is 25.3 Å². The van der Waals surface area contributed by atoms with Gasteiger partial charge in [-0.1, -0.05) is 13.8 Å². The fourth-order valence-corrected chi connectivity index (χ4v) is 2.42. The maximum absolute atomic E-state index is 12.7. The van der Waals surface area contributed by atoms with Crippen LogP contribution >= 0.6 is 0 Å². The van der Waals surface area contributed by atoms with Crippen molar-refractivity contribution >= 4 is 29.5 Å². The predicted octanol–water partition coefficient (Wildman–Crippen LogP) is -3.45. The van der Waals surface area contributed by atoms with Gasteiger partial charge in [-0.25, -0.2) is 0 Å². The van der Waals surface area contributed by atoms with Crippen LogP contribution in [0.5, 0.6) is 0 Å². The highest BCUT2D eigenvalue weighted by atomic mass is 16.2. The number of unbranched alkanes of at least 4 members (excludes halogenated alkanes) is 1. The number of nitrogens with one attached hydrogen (secondary N) is 3. The molecule has 0 aliphatic heterocycles. The number of carbonyl (C=O) groups is 5. The number of rotatable bonds is 14. The van der Waals surface area contributed by atoms with Crippen LogP contribution in [0.4, 0.5) is 0 Å². The highest BCUT2D eigenvalue weighted by Crippen LogP contribution is 2.06. The van der Waals surface area contributed by atoms with E-state index in [9.17, 15) is 24.0 Å². The van der Waals surface area contributed by atoms with Crippen LogP contribution in [0.15, 0.2) is 0 Å². The molecule has 0 unspecified atom stereocenters. The Labute approximate surface area is 169 Å². The minimum Gasteiger partial charge on any atom is -0.370 e. The maximum Gasteiger partial charge on any atom is 0.243 e.